The normalized spacial score (nSPS) is 18.0. The summed E-state index contributed by atoms with van der Waals surface area (Å²) in [6.45, 7) is 2.84. The van der Waals surface area contributed by atoms with Gasteiger partial charge in [-0.3, -0.25) is 4.99 Å². The van der Waals surface area contributed by atoms with Crippen LogP contribution >= 0.6 is 0 Å². The van der Waals surface area contributed by atoms with E-state index in [1.807, 2.05) is 24.7 Å². The standard InChI is InChI=1S/C4H8N2.C4H6N2/c1-2-6-4-3-5-1;1-2-5-4-6-3-1/h1-2,5-6H,3-4H2;1-3,5H,4H2. The third kappa shape index (κ3) is 4.38. The van der Waals surface area contributed by atoms with Crippen LogP contribution in [-0.4, -0.2) is 26.0 Å². The molecule has 0 unspecified atom stereocenters. The predicted octanol–water partition coefficient (Wildman–Crippen LogP) is -0.218. The highest BCUT2D eigenvalue weighted by Crippen LogP contribution is 1.71. The lowest BCUT2D eigenvalue weighted by atomic mass is 10.5. The van der Waals surface area contributed by atoms with Gasteiger partial charge in [-0.15, -0.1) is 0 Å². The smallest absolute Gasteiger partial charge is 0.107 e. The Morgan fingerprint density at radius 2 is 1.67 bits per heavy atom. The third-order valence-corrected chi connectivity index (χ3v) is 1.32. The summed E-state index contributed by atoms with van der Waals surface area (Å²) in [6, 6.07) is 0. The zero-order valence-corrected chi connectivity index (χ0v) is 6.96. The van der Waals surface area contributed by atoms with Gasteiger partial charge in [-0.05, 0) is 12.3 Å². The second-order valence-corrected chi connectivity index (χ2v) is 2.29. The molecule has 0 spiro atoms. The largest absolute Gasteiger partial charge is 0.388 e. The van der Waals surface area contributed by atoms with Crippen LogP contribution in [0.3, 0.4) is 0 Å². The SMILES string of the molecule is C1=CNCCN1.C1=CNCN=C1. The topological polar surface area (TPSA) is 48.4 Å². The number of rotatable bonds is 0. The van der Waals surface area contributed by atoms with Crippen LogP contribution in [0.5, 0.6) is 0 Å². The van der Waals surface area contributed by atoms with Gasteiger partial charge < -0.3 is 16.0 Å². The molecule has 4 heteroatoms. The molecule has 0 amide bonds. The first-order valence-electron chi connectivity index (χ1n) is 4.00. The van der Waals surface area contributed by atoms with Gasteiger partial charge in [-0.2, -0.15) is 0 Å². The molecule has 2 rings (SSSR count). The van der Waals surface area contributed by atoms with Gasteiger partial charge in [-0.1, -0.05) is 0 Å². The number of aliphatic imine (C=N–C) groups is 1. The van der Waals surface area contributed by atoms with E-state index in [0.29, 0.717) is 0 Å². The van der Waals surface area contributed by atoms with Crippen molar-refractivity contribution in [3.8, 4) is 0 Å². The molecule has 0 aromatic rings. The fraction of sp³-hybridized carbons (Fsp3) is 0.375. The van der Waals surface area contributed by atoms with Gasteiger partial charge in [0.2, 0.25) is 0 Å². The van der Waals surface area contributed by atoms with Crippen molar-refractivity contribution >= 4 is 6.21 Å². The zero-order chi connectivity index (χ0) is 8.49. The maximum Gasteiger partial charge on any atom is 0.107 e. The van der Waals surface area contributed by atoms with Crippen LogP contribution in [0, 0.1) is 0 Å². The molecule has 0 saturated heterocycles. The fourth-order valence-electron chi connectivity index (χ4n) is 0.759. The number of allylic oxidation sites excluding steroid dienone is 1. The highest BCUT2D eigenvalue weighted by atomic mass is 15.0. The summed E-state index contributed by atoms with van der Waals surface area (Å²) >= 11 is 0. The van der Waals surface area contributed by atoms with Gasteiger partial charge in [-0.25, -0.2) is 0 Å². The Hall–Kier alpha value is -1.45. The first-order chi connectivity index (χ1) is 6.00. The number of nitrogens with one attached hydrogen (secondary N) is 3. The average Bonchev–Trinajstić information content (AvgIpc) is 2.24. The van der Waals surface area contributed by atoms with Crippen molar-refractivity contribution < 1.29 is 0 Å². The second kappa shape index (κ2) is 6.27. The molecule has 12 heavy (non-hydrogen) atoms. The van der Waals surface area contributed by atoms with Crippen LogP contribution in [-0.2, 0) is 0 Å². The molecule has 0 atom stereocenters. The van der Waals surface area contributed by atoms with E-state index in [9.17, 15) is 0 Å². The zero-order valence-electron chi connectivity index (χ0n) is 6.96. The molecule has 66 valence electrons. The van der Waals surface area contributed by atoms with Crippen molar-refractivity contribution in [2.75, 3.05) is 19.8 Å². The van der Waals surface area contributed by atoms with Crippen molar-refractivity contribution in [1.29, 1.82) is 0 Å². The Bertz CT molecular complexity index is 163. The molecule has 2 aliphatic rings. The average molecular weight is 166 g/mol. The van der Waals surface area contributed by atoms with E-state index in [4.69, 9.17) is 0 Å². The van der Waals surface area contributed by atoms with Gasteiger partial charge in [0.15, 0.2) is 0 Å². The third-order valence-electron chi connectivity index (χ3n) is 1.32. The summed E-state index contributed by atoms with van der Waals surface area (Å²) in [4.78, 5) is 3.85. The highest BCUT2D eigenvalue weighted by Gasteiger charge is 1.81. The quantitative estimate of drug-likeness (QED) is 0.466. The molecule has 0 fully saturated rings. The summed E-state index contributed by atoms with van der Waals surface area (Å²) < 4.78 is 0. The van der Waals surface area contributed by atoms with Crippen LogP contribution in [0.1, 0.15) is 0 Å². The monoisotopic (exact) mass is 166 g/mol. The molecule has 0 aromatic carbocycles. The lowest BCUT2D eigenvalue weighted by molar-refractivity contribution is 0.723. The fourth-order valence-corrected chi connectivity index (χ4v) is 0.759. The summed E-state index contributed by atoms with van der Waals surface area (Å²) in [7, 11) is 0. The van der Waals surface area contributed by atoms with E-state index in [2.05, 4.69) is 20.9 Å². The molecule has 0 saturated carbocycles. The molecule has 2 aliphatic heterocycles. The molecule has 0 bridgehead atoms. The van der Waals surface area contributed by atoms with Gasteiger partial charge in [0.1, 0.15) is 6.67 Å². The summed E-state index contributed by atoms with van der Waals surface area (Å²) in [5.74, 6) is 0. The second-order valence-electron chi connectivity index (χ2n) is 2.29. The van der Waals surface area contributed by atoms with Crippen LogP contribution in [0.4, 0.5) is 0 Å². The van der Waals surface area contributed by atoms with Gasteiger partial charge in [0.05, 0.1) is 0 Å². The number of nitrogens with zero attached hydrogens (tertiary/aromatic N) is 1. The van der Waals surface area contributed by atoms with E-state index in [1.165, 1.54) is 0 Å². The van der Waals surface area contributed by atoms with E-state index in [1.54, 1.807) is 6.21 Å². The Kier molecular flexibility index (Phi) is 4.52. The minimum Gasteiger partial charge on any atom is -0.388 e. The van der Waals surface area contributed by atoms with Gasteiger partial charge >= 0.3 is 0 Å². The molecule has 3 N–H and O–H groups in total. The lowest BCUT2D eigenvalue weighted by Crippen LogP contribution is -2.25. The van der Waals surface area contributed by atoms with Crippen molar-refractivity contribution in [3.05, 3.63) is 24.7 Å². The van der Waals surface area contributed by atoms with Gasteiger partial charge in [0, 0.05) is 31.7 Å². The molecule has 4 nitrogen and oxygen atoms in total. The maximum absolute atomic E-state index is 3.85. The van der Waals surface area contributed by atoms with E-state index in [-0.39, 0.29) is 0 Å². The number of hydrogen-bond acceptors (Lipinski definition) is 4. The van der Waals surface area contributed by atoms with Crippen LogP contribution in [0.15, 0.2) is 29.7 Å². The number of hydrogen-bond donors (Lipinski definition) is 3. The maximum atomic E-state index is 3.85. The molecule has 0 aliphatic carbocycles. The lowest BCUT2D eigenvalue weighted by Gasteiger charge is -2.05. The molecular formula is C8H14N4. The van der Waals surface area contributed by atoms with Crippen molar-refractivity contribution in [2.45, 2.75) is 0 Å². The Balaban J connectivity index is 0.000000120. The minimum atomic E-state index is 0.733. The van der Waals surface area contributed by atoms with Crippen LogP contribution in [0.25, 0.3) is 0 Å². The van der Waals surface area contributed by atoms with Crippen LogP contribution in [0.2, 0.25) is 0 Å². The van der Waals surface area contributed by atoms with Crippen molar-refractivity contribution in [3.63, 3.8) is 0 Å². The molecule has 0 radical (unpaired) electrons. The Labute approximate surface area is 72.5 Å². The Morgan fingerprint density at radius 3 is 1.83 bits per heavy atom. The summed E-state index contributed by atoms with van der Waals surface area (Å²) in [6.07, 6.45) is 9.32. The van der Waals surface area contributed by atoms with Crippen molar-refractivity contribution in [2.24, 2.45) is 4.99 Å². The van der Waals surface area contributed by atoms with E-state index >= 15 is 0 Å². The minimum absolute atomic E-state index is 0.733. The van der Waals surface area contributed by atoms with Gasteiger partial charge in [0.25, 0.3) is 0 Å². The summed E-state index contributed by atoms with van der Waals surface area (Å²) in [5, 5.41) is 8.99. The molecule has 0 aromatic heterocycles. The van der Waals surface area contributed by atoms with E-state index in [0.717, 1.165) is 19.8 Å². The Morgan fingerprint density at radius 1 is 0.917 bits per heavy atom. The van der Waals surface area contributed by atoms with E-state index < -0.39 is 0 Å². The highest BCUT2D eigenvalue weighted by molar-refractivity contribution is 5.71. The van der Waals surface area contributed by atoms with Crippen LogP contribution < -0.4 is 16.0 Å². The summed E-state index contributed by atoms with van der Waals surface area (Å²) in [5.41, 5.74) is 0. The molecule has 2 heterocycles. The predicted molar refractivity (Wildman–Crippen MR) is 50.8 cm³/mol. The first kappa shape index (κ1) is 8.64. The van der Waals surface area contributed by atoms with Crippen molar-refractivity contribution in [1.82, 2.24) is 16.0 Å². The first-order valence-corrected chi connectivity index (χ1v) is 4.00. The molecular weight excluding hydrogens is 152 g/mol.